The molecule has 0 radical (unpaired) electrons. The second kappa shape index (κ2) is 41.3. The third kappa shape index (κ3) is 38.1. The molecule has 4 N–H and O–H groups in total. The quantitative estimate of drug-likeness (QED) is 0.0375. The van der Waals surface area contributed by atoms with Crippen LogP contribution < -0.4 is 5.32 Å². The van der Waals surface area contributed by atoms with Crippen molar-refractivity contribution in [1.82, 2.24) is 5.32 Å². The average molecular weight is 718 g/mol. The van der Waals surface area contributed by atoms with E-state index < -0.39 is 18.2 Å². The maximum atomic E-state index is 12.4. The normalized spacial score (nSPS) is 13.9. The summed E-state index contributed by atoms with van der Waals surface area (Å²) in [7, 11) is 0. The minimum Gasteiger partial charge on any atom is -0.394 e. The molecular weight excluding hydrogens is 631 g/mol. The van der Waals surface area contributed by atoms with Crippen LogP contribution in [0.2, 0.25) is 0 Å². The first-order valence-corrected chi connectivity index (χ1v) is 22.3. The van der Waals surface area contributed by atoms with E-state index in [9.17, 15) is 20.1 Å². The lowest BCUT2D eigenvalue weighted by atomic mass is 10.0. The Hall–Kier alpha value is -1.43. The van der Waals surface area contributed by atoms with Crippen molar-refractivity contribution in [3.63, 3.8) is 0 Å². The monoisotopic (exact) mass is 718 g/mol. The molecule has 3 unspecified atom stereocenters. The molecule has 0 aliphatic carbocycles. The molecule has 3 atom stereocenters. The van der Waals surface area contributed by atoms with Gasteiger partial charge >= 0.3 is 0 Å². The van der Waals surface area contributed by atoms with Crippen LogP contribution in [0.4, 0.5) is 0 Å². The van der Waals surface area contributed by atoms with Crippen molar-refractivity contribution < 1.29 is 20.1 Å². The standard InChI is InChI=1S/C46H87NO4/c1-3-5-7-9-11-13-15-16-17-18-19-20-21-22-23-24-25-26-27-28-29-30-31-33-35-37-39-43(49)41-46(51)47-44(42-48)45(50)40-38-36-34-32-14-12-10-8-6-4-2/h14,22-23,32,38,40,43-45,48-50H,3-13,15-21,24-31,33-37,39,41-42H2,1-2H3,(H,47,51)/b23-22-,32-14+,40-38+. The summed E-state index contributed by atoms with van der Waals surface area (Å²) in [5.74, 6) is -0.328. The molecule has 300 valence electrons. The molecule has 0 aliphatic heterocycles. The Morgan fingerprint density at radius 2 is 0.843 bits per heavy atom. The Morgan fingerprint density at radius 1 is 0.490 bits per heavy atom. The van der Waals surface area contributed by atoms with E-state index in [0.717, 1.165) is 32.1 Å². The predicted molar refractivity (Wildman–Crippen MR) is 222 cm³/mol. The molecule has 0 aromatic heterocycles. The third-order valence-electron chi connectivity index (χ3n) is 10.1. The van der Waals surface area contributed by atoms with Crippen LogP contribution in [0.3, 0.4) is 0 Å². The molecule has 0 aliphatic rings. The summed E-state index contributed by atoms with van der Waals surface area (Å²) >= 11 is 0. The number of aliphatic hydroxyl groups excluding tert-OH is 3. The van der Waals surface area contributed by atoms with Gasteiger partial charge in [-0.25, -0.2) is 0 Å². The molecule has 0 bridgehead atoms. The SMILES string of the molecule is CCCCCC/C=C/CC/C=C/C(O)C(CO)NC(=O)CC(O)CCCCCCCCCCCC/C=C\CCCCCCCCCCCCCC. The molecule has 0 saturated heterocycles. The van der Waals surface area contributed by atoms with Gasteiger partial charge in [0, 0.05) is 0 Å². The molecule has 0 spiro atoms. The Morgan fingerprint density at radius 3 is 1.27 bits per heavy atom. The summed E-state index contributed by atoms with van der Waals surface area (Å²) in [5.41, 5.74) is 0. The van der Waals surface area contributed by atoms with Crippen LogP contribution in [0, 0.1) is 0 Å². The molecule has 5 heteroatoms. The fraction of sp³-hybridized carbons (Fsp3) is 0.848. The van der Waals surface area contributed by atoms with E-state index >= 15 is 0 Å². The van der Waals surface area contributed by atoms with Crippen LogP contribution in [-0.4, -0.2) is 46.1 Å². The van der Waals surface area contributed by atoms with Gasteiger partial charge < -0.3 is 20.6 Å². The number of hydrogen-bond donors (Lipinski definition) is 4. The number of carbonyl (C=O) groups is 1. The lowest BCUT2D eigenvalue weighted by molar-refractivity contribution is -0.124. The van der Waals surface area contributed by atoms with Crippen molar-refractivity contribution in [3.8, 4) is 0 Å². The van der Waals surface area contributed by atoms with Crippen molar-refractivity contribution in [2.75, 3.05) is 6.61 Å². The summed E-state index contributed by atoms with van der Waals surface area (Å²) in [6.45, 7) is 4.16. The minimum absolute atomic E-state index is 0.00517. The fourth-order valence-corrected chi connectivity index (χ4v) is 6.70. The zero-order valence-corrected chi connectivity index (χ0v) is 34.0. The van der Waals surface area contributed by atoms with Crippen molar-refractivity contribution in [3.05, 3.63) is 36.5 Å². The molecule has 5 nitrogen and oxygen atoms in total. The first kappa shape index (κ1) is 49.6. The van der Waals surface area contributed by atoms with Gasteiger partial charge in [-0.1, -0.05) is 198 Å². The van der Waals surface area contributed by atoms with Crippen molar-refractivity contribution in [1.29, 1.82) is 0 Å². The Labute approximate surface area is 317 Å². The summed E-state index contributed by atoms with van der Waals surface area (Å²) in [4.78, 5) is 12.4. The van der Waals surface area contributed by atoms with Gasteiger partial charge in [-0.05, 0) is 57.8 Å². The lowest BCUT2D eigenvalue weighted by Crippen LogP contribution is -2.45. The Balaban J connectivity index is 3.58. The molecule has 0 fully saturated rings. The Kier molecular flexibility index (Phi) is 40.2. The van der Waals surface area contributed by atoms with E-state index in [4.69, 9.17) is 0 Å². The molecular formula is C46H87NO4. The van der Waals surface area contributed by atoms with Gasteiger partial charge in [0.2, 0.25) is 5.91 Å². The van der Waals surface area contributed by atoms with E-state index in [2.05, 4.69) is 43.5 Å². The summed E-state index contributed by atoms with van der Waals surface area (Å²) in [6, 6.07) is -0.759. The van der Waals surface area contributed by atoms with Crippen molar-refractivity contribution in [2.24, 2.45) is 0 Å². The molecule has 0 rings (SSSR count). The molecule has 0 aromatic rings. The number of hydrogen-bond acceptors (Lipinski definition) is 4. The maximum absolute atomic E-state index is 12.4. The number of amides is 1. The van der Waals surface area contributed by atoms with Crippen LogP contribution in [0.25, 0.3) is 0 Å². The number of carbonyl (C=O) groups excluding carboxylic acids is 1. The summed E-state index contributed by atoms with van der Waals surface area (Å²) in [5, 5.41) is 33.1. The number of unbranched alkanes of at least 4 members (excludes halogenated alkanes) is 27. The molecule has 51 heavy (non-hydrogen) atoms. The number of nitrogens with one attached hydrogen (secondary N) is 1. The van der Waals surface area contributed by atoms with Gasteiger partial charge in [-0.15, -0.1) is 0 Å². The van der Waals surface area contributed by atoms with E-state index in [-0.39, 0.29) is 18.9 Å². The van der Waals surface area contributed by atoms with E-state index in [0.29, 0.717) is 6.42 Å². The number of rotatable bonds is 40. The van der Waals surface area contributed by atoms with Gasteiger partial charge in [0.15, 0.2) is 0 Å². The van der Waals surface area contributed by atoms with Crippen molar-refractivity contribution >= 4 is 5.91 Å². The molecule has 0 aromatic carbocycles. The van der Waals surface area contributed by atoms with Crippen LogP contribution >= 0.6 is 0 Å². The lowest BCUT2D eigenvalue weighted by Gasteiger charge is -2.21. The topological polar surface area (TPSA) is 89.8 Å². The van der Waals surface area contributed by atoms with Crippen LogP contribution in [0.15, 0.2) is 36.5 Å². The van der Waals surface area contributed by atoms with Crippen molar-refractivity contribution in [2.45, 2.75) is 244 Å². The van der Waals surface area contributed by atoms with Gasteiger partial charge in [-0.2, -0.15) is 0 Å². The van der Waals surface area contributed by atoms with E-state index in [1.54, 1.807) is 6.08 Å². The first-order valence-electron chi connectivity index (χ1n) is 22.3. The number of allylic oxidation sites excluding steroid dienone is 5. The van der Waals surface area contributed by atoms with Crippen LogP contribution in [0.1, 0.15) is 226 Å². The highest BCUT2D eigenvalue weighted by molar-refractivity contribution is 5.76. The fourth-order valence-electron chi connectivity index (χ4n) is 6.70. The summed E-state index contributed by atoms with van der Waals surface area (Å²) < 4.78 is 0. The highest BCUT2D eigenvalue weighted by atomic mass is 16.3. The highest BCUT2D eigenvalue weighted by Gasteiger charge is 2.20. The van der Waals surface area contributed by atoms with Gasteiger partial charge in [-0.3, -0.25) is 4.79 Å². The molecule has 0 saturated carbocycles. The highest BCUT2D eigenvalue weighted by Crippen LogP contribution is 2.15. The van der Waals surface area contributed by atoms with Gasteiger partial charge in [0.25, 0.3) is 0 Å². The molecule has 1 amide bonds. The van der Waals surface area contributed by atoms with Crippen LogP contribution in [-0.2, 0) is 4.79 Å². The smallest absolute Gasteiger partial charge is 0.222 e. The Bertz CT molecular complexity index is 794. The summed E-state index contributed by atoms with van der Waals surface area (Å²) in [6.07, 6.45) is 51.6. The van der Waals surface area contributed by atoms with Crippen LogP contribution in [0.5, 0.6) is 0 Å². The average Bonchev–Trinajstić information content (AvgIpc) is 3.12. The third-order valence-corrected chi connectivity index (χ3v) is 10.1. The molecule has 0 heterocycles. The maximum Gasteiger partial charge on any atom is 0.222 e. The minimum atomic E-state index is -0.949. The van der Waals surface area contributed by atoms with Gasteiger partial charge in [0.05, 0.1) is 31.3 Å². The second-order valence-electron chi connectivity index (χ2n) is 15.3. The predicted octanol–water partition coefficient (Wildman–Crippen LogP) is 12.8. The number of aliphatic hydroxyl groups is 3. The largest absolute Gasteiger partial charge is 0.394 e. The zero-order chi connectivity index (χ0) is 37.3. The second-order valence-corrected chi connectivity index (χ2v) is 15.3. The van der Waals surface area contributed by atoms with E-state index in [1.807, 2.05) is 6.08 Å². The zero-order valence-electron chi connectivity index (χ0n) is 34.0. The van der Waals surface area contributed by atoms with E-state index in [1.165, 1.54) is 167 Å². The van der Waals surface area contributed by atoms with Gasteiger partial charge in [0.1, 0.15) is 0 Å². The first-order chi connectivity index (χ1) is 25.0.